The van der Waals surface area contributed by atoms with E-state index in [1.807, 2.05) is 41.3 Å². The molecule has 0 bridgehead atoms. The third kappa shape index (κ3) is 5.75. The van der Waals surface area contributed by atoms with Gasteiger partial charge >= 0.3 is 0 Å². The van der Waals surface area contributed by atoms with Crippen LogP contribution < -0.4 is 10.1 Å². The summed E-state index contributed by atoms with van der Waals surface area (Å²) in [6.07, 6.45) is 2.73. The molecule has 26 heavy (non-hydrogen) atoms. The van der Waals surface area contributed by atoms with Gasteiger partial charge in [-0.25, -0.2) is 0 Å². The van der Waals surface area contributed by atoms with Crippen molar-refractivity contribution in [2.24, 2.45) is 0 Å². The predicted octanol–water partition coefficient (Wildman–Crippen LogP) is 4.02. The van der Waals surface area contributed by atoms with Gasteiger partial charge in [0.05, 0.1) is 0 Å². The number of hydrogen-bond donors (Lipinski definition) is 1. The lowest BCUT2D eigenvalue weighted by molar-refractivity contribution is -0.127. The van der Waals surface area contributed by atoms with E-state index in [0.717, 1.165) is 61.8 Å². The molecule has 2 aromatic carbocycles. The molecule has 1 N–H and O–H groups in total. The van der Waals surface area contributed by atoms with Crippen molar-refractivity contribution in [3.05, 3.63) is 64.7 Å². The highest BCUT2D eigenvalue weighted by molar-refractivity contribution is 6.30. The van der Waals surface area contributed by atoms with E-state index in [-0.39, 0.29) is 0 Å². The quantitative estimate of drug-likeness (QED) is 0.676. The minimum absolute atomic E-state index is 0.304. The van der Waals surface area contributed by atoms with Crippen molar-refractivity contribution in [1.29, 1.82) is 0 Å². The highest BCUT2D eigenvalue weighted by Crippen LogP contribution is 2.16. The lowest BCUT2D eigenvalue weighted by Gasteiger charge is -2.15. The third-order valence-electron chi connectivity index (χ3n) is 4.50. The van der Waals surface area contributed by atoms with Crippen LogP contribution in [0.5, 0.6) is 5.75 Å². The van der Waals surface area contributed by atoms with E-state index in [1.165, 1.54) is 5.56 Å². The van der Waals surface area contributed by atoms with Gasteiger partial charge in [0.1, 0.15) is 12.4 Å². The van der Waals surface area contributed by atoms with Gasteiger partial charge in [-0.1, -0.05) is 35.9 Å². The van der Waals surface area contributed by atoms with Crippen LogP contribution >= 0.6 is 11.6 Å². The Morgan fingerprint density at radius 1 is 1.12 bits per heavy atom. The van der Waals surface area contributed by atoms with Crippen LogP contribution in [0.2, 0.25) is 5.02 Å². The fraction of sp³-hybridized carbons (Fsp3) is 0.381. The van der Waals surface area contributed by atoms with Crippen molar-refractivity contribution in [2.75, 3.05) is 19.6 Å². The van der Waals surface area contributed by atoms with Gasteiger partial charge in [-0.15, -0.1) is 0 Å². The largest absolute Gasteiger partial charge is 0.489 e. The second kappa shape index (κ2) is 9.60. The molecule has 0 radical (unpaired) electrons. The van der Waals surface area contributed by atoms with E-state index in [1.54, 1.807) is 0 Å². The molecule has 2 aromatic rings. The van der Waals surface area contributed by atoms with Crippen molar-refractivity contribution < 1.29 is 9.53 Å². The topological polar surface area (TPSA) is 41.6 Å². The van der Waals surface area contributed by atoms with Gasteiger partial charge in [0, 0.05) is 31.1 Å². The molecular weight excluding hydrogens is 348 g/mol. The Morgan fingerprint density at radius 3 is 2.69 bits per heavy atom. The Kier molecular flexibility index (Phi) is 6.92. The molecule has 1 fully saturated rings. The van der Waals surface area contributed by atoms with Crippen molar-refractivity contribution in [3.8, 4) is 5.75 Å². The molecule has 3 rings (SSSR count). The van der Waals surface area contributed by atoms with Gasteiger partial charge in [0.25, 0.3) is 0 Å². The average molecular weight is 373 g/mol. The summed E-state index contributed by atoms with van der Waals surface area (Å²) in [4.78, 5) is 13.5. The van der Waals surface area contributed by atoms with Crippen molar-refractivity contribution in [3.63, 3.8) is 0 Å². The van der Waals surface area contributed by atoms with Crippen LogP contribution in [0.15, 0.2) is 48.5 Å². The first kappa shape index (κ1) is 18.7. The minimum Gasteiger partial charge on any atom is -0.489 e. The average Bonchev–Trinajstić information content (AvgIpc) is 3.06. The minimum atomic E-state index is 0.304. The molecule has 1 amide bonds. The predicted molar refractivity (Wildman–Crippen MR) is 104 cm³/mol. The SMILES string of the molecule is O=C1CCCN1CCCNCc1ccc(OCc2cccc(Cl)c2)cc1. The molecule has 1 aliphatic heterocycles. The summed E-state index contributed by atoms with van der Waals surface area (Å²) in [5.41, 5.74) is 2.28. The Labute approximate surface area is 160 Å². The highest BCUT2D eigenvalue weighted by atomic mass is 35.5. The van der Waals surface area contributed by atoms with Crippen molar-refractivity contribution in [1.82, 2.24) is 10.2 Å². The first-order valence-corrected chi connectivity index (χ1v) is 9.53. The number of carbonyl (C=O) groups is 1. The molecular formula is C21H25ClN2O2. The van der Waals surface area contributed by atoms with E-state index >= 15 is 0 Å². The van der Waals surface area contributed by atoms with Crippen LogP contribution in [-0.2, 0) is 17.9 Å². The van der Waals surface area contributed by atoms with E-state index in [2.05, 4.69) is 17.4 Å². The fourth-order valence-electron chi connectivity index (χ4n) is 3.07. The molecule has 0 spiro atoms. The van der Waals surface area contributed by atoms with Crippen molar-refractivity contribution >= 4 is 17.5 Å². The Bertz CT molecular complexity index is 718. The molecule has 0 saturated carbocycles. The van der Waals surface area contributed by atoms with Crippen LogP contribution in [-0.4, -0.2) is 30.4 Å². The molecule has 138 valence electrons. The van der Waals surface area contributed by atoms with Crippen LogP contribution in [0.1, 0.15) is 30.4 Å². The van der Waals surface area contributed by atoms with Crippen molar-refractivity contribution in [2.45, 2.75) is 32.4 Å². The monoisotopic (exact) mass is 372 g/mol. The number of nitrogens with one attached hydrogen (secondary N) is 1. The first-order valence-electron chi connectivity index (χ1n) is 9.15. The summed E-state index contributed by atoms with van der Waals surface area (Å²) in [5.74, 6) is 1.15. The Hall–Kier alpha value is -2.04. The van der Waals surface area contributed by atoms with Crippen LogP contribution in [0, 0.1) is 0 Å². The molecule has 1 heterocycles. The summed E-state index contributed by atoms with van der Waals surface area (Å²) in [6, 6.07) is 15.8. The molecule has 1 aliphatic rings. The fourth-order valence-corrected chi connectivity index (χ4v) is 3.28. The molecule has 0 aliphatic carbocycles. The molecule has 0 unspecified atom stereocenters. The second-order valence-corrected chi connectivity index (χ2v) is 7.01. The standard InChI is InChI=1S/C21H25ClN2O2/c22-19-5-1-4-18(14-19)16-26-20-9-7-17(8-10-20)15-23-11-3-13-24-12-2-6-21(24)25/h1,4-5,7-10,14,23H,2-3,6,11-13,15-16H2. The molecule has 0 atom stereocenters. The maximum absolute atomic E-state index is 11.5. The highest BCUT2D eigenvalue weighted by Gasteiger charge is 2.18. The van der Waals surface area contributed by atoms with E-state index < -0.39 is 0 Å². The Balaban J connectivity index is 1.34. The lowest BCUT2D eigenvalue weighted by atomic mass is 10.2. The number of hydrogen-bond acceptors (Lipinski definition) is 3. The summed E-state index contributed by atoms with van der Waals surface area (Å²) in [6.45, 7) is 4.03. The summed E-state index contributed by atoms with van der Waals surface area (Å²) in [5, 5.41) is 4.15. The first-order chi connectivity index (χ1) is 12.7. The molecule has 0 aromatic heterocycles. The van der Waals surface area contributed by atoms with E-state index in [9.17, 15) is 4.79 Å². The van der Waals surface area contributed by atoms with Crippen LogP contribution in [0.4, 0.5) is 0 Å². The van der Waals surface area contributed by atoms with E-state index in [0.29, 0.717) is 12.5 Å². The number of rotatable bonds is 9. The summed E-state index contributed by atoms with van der Waals surface area (Å²) in [7, 11) is 0. The van der Waals surface area contributed by atoms with Crippen LogP contribution in [0.3, 0.4) is 0 Å². The lowest BCUT2D eigenvalue weighted by Crippen LogP contribution is -2.28. The van der Waals surface area contributed by atoms with Crippen LogP contribution in [0.25, 0.3) is 0 Å². The zero-order valence-corrected chi connectivity index (χ0v) is 15.7. The Morgan fingerprint density at radius 2 is 1.96 bits per heavy atom. The maximum atomic E-state index is 11.5. The number of likely N-dealkylation sites (tertiary alicyclic amines) is 1. The number of benzene rings is 2. The number of carbonyl (C=O) groups excluding carboxylic acids is 1. The number of amides is 1. The maximum Gasteiger partial charge on any atom is 0.222 e. The zero-order chi connectivity index (χ0) is 18.2. The van der Waals surface area contributed by atoms with E-state index in [4.69, 9.17) is 16.3 Å². The second-order valence-electron chi connectivity index (χ2n) is 6.58. The summed E-state index contributed by atoms with van der Waals surface area (Å²) < 4.78 is 5.80. The molecule has 4 nitrogen and oxygen atoms in total. The summed E-state index contributed by atoms with van der Waals surface area (Å²) >= 11 is 5.98. The molecule has 1 saturated heterocycles. The van der Waals surface area contributed by atoms with Gasteiger partial charge < -0.3 is 15.0 Å². The van der Waals surface area contributed by atoms with Gasteiger partial charge in [0.2, 0.25) is 5.91 Å². The third-order valence-corrected chi connectivity index (χ3v) is 4.74. The van der Waals surface area contributed by atoms with Gasteiger partial charge in [0.15, 0.2) is 0 Å². The number of halogens is 1. The van der Waals surface area contributed by atoms with Gasteiger partial charge in [-0.05, 0) is 54.8 Å². The zero-order valence-electron chi connectivity index (χ0n) is 14.9. The smallest absolute Gasteiger partial charge is 0.222 e. The normalized spacial score (nSPS) is 14.0. The van der Waals surface area contributed by atoms with Gasteiger partial charge in [-0.2, -0.15) is 0 Å². The number of nitrogens with zero attached hydrogens (tertiary/aromatic N) is 1. The van der Waals surface area contributed by atoms with Gasteiger partial charge in [-0.3, -0.25) is 4.79 Å². The number of ether oxygens (including phenoxy) is 1. The molecule has 5 heteroatoms.